The largest absolute Gasteiger partial charge is 0.454 e. The van der Waals surface area contributed by atoms with Gasteiger partial charge in [0.05, 0.1) is 16.4 Å². The molecule has 0 amide bonds. The van der Waals surface area contributed by atoms with Crippen molar-refractivity contribution in [2.75, 3.05) is 0 Å². The molecule has 0 saturated carbocycles. The van der Waals surface area contributed by atoms with Crippen LogP contribution in [-0.2, 0) is 5.41 Å². The number of ether oxygens (including phenoxy) is 1. The van der Waals surface area contributed by atoms with Crippen LogP contribution in [0.5, 0.6) is 11.5 Å². The van der Waals surface area contributed by atoms with E-state index < -0.39 is 5.41 Å². The molecule has 0 fully saturated rings. The Bertz CT molecular complexity index is 3070. The van der Waals surface area contributed by atoms with Crippen molar-refractivity contribution in [3.05, 3.63) is 222 Å². The fraction of sp³-hybridized carbons (Fsp3) is 0.0189. The molecule has 2 heterocycles. The highest BCUT2D eigenvalue weighted by Gasteiger charge is 2.51. The van der Waals surface area contributed by atoms with E-state index in [2.05, 4.69) is 205 Å². The third-order valence-corrected chi connectivity index (χ3v) is 12.0. The van der Waals surface area contributed by atoms with E-state index in [1.807, 2.05) is 0 Å². The van der Waals surface area contributed by atoms with Gasteiger partial charge in [-0.25, -0.2) is 0 Å². The Hall–Kier alpha value is -7.16. The Morgan fingerprint density at radius 1 is 0.364 bits per heavy atom. The lowest BCUT2D eigenvalue weighted by atomic mass is 9.66. The fourth-order valence-electron chi connectivity index (χ4n) is 9.76. The van der Waals surface area contributed by atoms with Crippen LogP contribution in [0, 0.1) is 0 Å². The Morgan fingerprint density at radius 2 is 0.909 bits per heavy atom. The molecular formula is C53H33NO. The second-order valence-corrected chi connectivity index (χ2v) is 14.8. The topological polar surface area (TPSA) is 14.2 Å². The van der Waals surface area contributed by atoms with Crippen molar-refractivity contribution in [3.63, 3.8) is 0 Å². The second-order valence-electron chi connectivity index (χ2n) is 14.8. The molecular weight excluding hydrogens is 667 g/mol. The monoisotopic (exact) mass is 699 g/mol. The van der Waals surface area contributed by atoms with Crippen LogP contribution in [0.1, 0.15) is 22.3 Å². The van der Waals surface area contributed by atoms with E-state index >= 15 is 0 Å². The SMILES string of the molecule is c1ccc(-c2cc(-c3ccccc3)cc(-n3c4c5c(ccc4c4ccc6ccccc6c43)C3(c4ccccc4O5)c4ccccc4-c4ccccc43)c2)cc1. The van der Waals surface area contributed by atoms with Crippen LogP contribution in [0.2, 0.25) is 0 Å². The minimum absolute atomic E-state index is 0.560. The second kappa shape index (κ2) is 11.4. The number of aromatic nitrogens is 1. The number of hydrogen-bond acceptors (Lipinski definition) is 1. The summed E-state index contributed by atoms with van der Waals surface area (Å²) in [6.45, 7) is 0. The van der Waals surface area contributed by atoms with Crippen LogP contribution < -0.4 is 4.74 Å². The predicted molar refractivity (Wildman–Crippen MR) is 227 cm³/mol. The third kappa shape index (κ3) is 4.14. The molecule has 1 aromatic heterocycles. The lowest BCUT2D eigenvalue weighted by Crippen LogP contribution is -2.32. The zero-order valence-corrected chi connectivity index (χ0v) is 29.9. The van der Waals surface area contributed by atoms with E-state index in [1.54, 1.807) is 0 Å². The molecule has 0 bridgehead atoms. The first-order chi connectivity index (χ1) is 27.3. The molecule has 2 heteroatoms. The van der Waals surface area contributed by atoms with E-state index in [-0.39, 0.29) is 0 Å². The summed E-state index contributed by atoms with van der Waals surface area (Å²) in [7, 11) is 0. The molecule has 0 atom stereocenters. The third-order valence-electron chi connectivity index (χ3n) is 12.0. The summed E-state index contributed by atoms with van der Waals surface area (Å²) in [5.41, 5.74) is 14.9. The van der Waals surface area contributed by atoms with Crippen LogP contribution >= 0.6 is 0 Å². The van der Waals surface area contributed by atoms with Gasteiger partial charge in [-0.1, -0.05) is 176 Å². The molecule has 0 N–H and O–H groups in total. The van der Waals surface area contributed by atoms with Crippen molar-refractivity contribution < 1.29 is 4.74 Å². The van der Waals surface area contributed by atoms with E-state index in [0.717, 1.165) is 28.3 Å². The van der Waals surface area contributed by atoms with Crippen LogP contribution in [0.3, 0.4) is 0 Å². The van der Waals surface area contributed by atoms with Gasteiger partial charge in [0.15, 0.2) is 5.75 Å². The first-order valence-corrected chi connectivity index (χ1v) is 19.0. The van der Waals surface area contributed by atoms with Crippen LogP contribution in [0.4, 0.5) is 0 Å². The Balaban J connectivity index is 1.27. The molecule has 2 aliphatic rings. The molecule has 1 aliphatic carbocycles. The van der Waals surface area contributed by atoms with Gasteiger partial charge in [0.25, 0.3) is 0 Å². The minimum atomic E-state index is -0.560. The average Bonchev–Trinajstić information content (AvgIpc) is 3.76. The quantitative estimate of drug-likeness (QED) is 0.179. The van der Waals surface area contributed by atoms with Crippen molar-refractivity contribution >= 4 is 32.6 Å². The summed E-state index contributed by atoms with van der Waals surface area (Å²) in [6, 6.07) is 73.1. The molecule has 1 spiro atoms. The van der Waals surface area contributed by atoms with Crippen molar-refractivity contribution in [2.24, 2.45) is 0 Å². The van der Waals surface area contributed by atoms with Gasteiger partial charge in [-0.2, -0.15) is 0 Å². The number of nitrogens with zero attached hydrogens (tertiary/aromatic N) is 1. The van der Waals surface area contributed by atoms with Gasteiger partial charge in [-0.3, -0.25) is 0 Å². The van der Waals surface area contributed by atoms with Gasteiger partial charge in [-0.05, 0) is 74.2 Å². The number of para-hydroxylation sites is 1. The smallest absolute Gasteiger partial charge is 0.156 e. The maximum Gasteiger partial charge on any atom is 0.156 e. The lowest BCUT2D eigenvalue weighted by molar-refractivity contribution is 0.440. The minimum Gasteiger partial charge on any atom is -0.454 e. The highest BCUT2D eigenvalue weighted by Crippen LogP contribution is 2.63. The van der Waals surface area contributed by atoms with Crippen molar-refractivity contribution in [2.45, 2.75) is 5.41 Å². The van der Waals surface area contributed by atoms with Gasteiger partial charge < -0.3 is 9.30 Å². The summed E-state index contributed by atoms with van der Waals surface area (Å²) in [4.78, 5) is 0. The molecule has 2 nitrogen and oxygen atoms in total. The maximum atomic E-state index is 7.32. The maximum absolute atomic E-state index is 7.32. The molecule has 12 rings (SSSR count). The van der Waals surface area contributed by atoms with Crippen LogP contribution in [-0.4, -0.2) is 4.57 Å². The summed E-state index contributed by atoms with van der Waals surface area (Å²) in [6.07, 6.45) is 0. The normalized spacial score (nSPS) is 13.4. The number of hydrogen-bond donors (Lipinski definition) is 0. The zero-order valence-electron chi connectivity index (χ0n) is 29.9. The standard InChI is InChI=1S/C53H33NO/c1-3-15-34(16-4-1)37-31-38(35-17-5-2-6-18-35)33-39(32-37)54-50-40-20-8-7-19-36(40)27-28-43(50)44-29-30-48-52(51(44)54)55-49-26-14-13-25-47(49)53(48)45-23-11-9-21-41(45)42-22-10-12-24-46(42)53/h1-33H. The highest BCUT2D eigenvalue weighted by atomic mass is 16.5. The fourth-order valence-corrected chi connectivity index (χ4v) is 9.76. The molecule has 10 aromatic rings. The van der Waals surface area contributed by atoms with E-state index in [4.69, 9.17) is 4.74 Å². The summed E-state index contributed by atoms with van der Waals surface area (Å²) < 4.78 is 9.82. The molecule has 0 unspecified atom stereocenters. The lowest BCUT2D eigenvalue weighted by Gasteiger charge is -2.39. The van der Waals surface area contributed by atoms with Crippen LogP contribution in [0.15, 0.2) is 200 Å². The van der Waals surface area contributed by atoms with Gasteiger partial charge in [0.1, 0.15) is 5.75 Å². The first-order valence-electron chi connectivity index (χ1n) is 19.0. The number of benzene rings is 9. The van der Waals surface area contributed by atoms with Gasteiger partial charge in [0.2, 0.25) is 0 Å². The molecule has 1 aliphatic heterocycles. The Kier molecular flexibility index (Phi) is 6.29. The van der Waals surface area contributed by atoms with Gasteiger partial charge in [0, 0.05) is 33.0 Å². The first kappa shape index (κ1) is 30.3. The summed E-state index contributed by atoms with van der Waals surface area (Å²) in [5, 5.41) is 4.78. The summed E-state index contributed by atoms with van der Waals surface area (Å²) in [5.74, 6) is 1.79. The van der Waals surface area contributed by atoms with Crippen LogP contribution in [0.25, 0.3) is 71.6 Å². The number of fused-ring (bicyclic) bond motifs is 15. The van der Waals surface area contributed by atoms with Crippen molar-refractivity contribution in [3.8, 4) is 50.6 Å². The molecule has 55 heavy (non-hydrogen) atoms. The van der Waals surface area contributed by atoms with Crippen molar-refractivity contribution in [1.29, 1.82) is 0 Å². The Morgan fingerprint density at radius 3 is 1.60 bits per heavy atom. The van der Waals surface area contributed by atoms with Gasteiger partial charge in [-0.15, -0.1) is 0 Å². The summed E-state index contributed by atoms with van der Waals surface area (Å²) >= 11 is 0. The molecule has 9 aromatic carbocycles. The molecule has 0 radical (unpaired) electrons. The Labute approximate surface area is 319 Å². The van der Waals surface area contributed by atoms with Gasteiger partial charge >= 0.3 is 0 Å². The van der Waals surface area contributed by atoms with Crippen molar-refractivity contribution in [1.82, 2.24) is 4.57 Å². The molecule has 256 valence electrons. The predicted octanol–water partition coefficient (Wildman–Crippen LogP) is 13.7. The van der Waals surface area contributed by atoms with E-state index in [9.17, 15) is 0 Å². The average molecular weight is 700 g/mol. The number of rotatable bonds is 3. The zero-order chi connectivity index (χ0) is 36.1. The highest BCUT2D eigenvalue weighted by molar-refractivity contribution is 6.20. The van der Waals surface area contributed by atoms with E-state index in [0.29, 0.717) is 0 Å². The van der Waals surface area contributed by atoms with E-state index in [1.165, 1.54) is 77.1 Å². The molecule has 0 saturated heterocycles.